The molecule has 0 radical (unpaired) electrons. The summed E-state index contributed by atoms with van der Waals surface area (Å²) >= 11 is 8.04. The lowest BCUT2D eigenvalue weighted by atomic mass is 9.72. The van der Waals surface area contributed by atoms with Gasteiger partial charge in [-0.3, -0.25) is 4.79 Å². The molecule has 1 aromatic heterocycles. The zero-order chi connectivity index (χ0) is 18.9. The van der Waals surface area contributed by atoms with Crippen LogP contribution in [0.15, 0.2) is 29.6 Å². The van der Waals surface area contributed by atoms with Crippen LogP contribution in [0.25, 0.3) is 0 Å². The third-order valence-electron chi connectivity index (χ3n) is 5.95. The average Bonchev–Trinajstić information content (AvgIpc) is 3.19. The molecule has 1 atom stereocenters. The second kappa shape index (κ2) is 7.90. The Balaban J connectivity index is 1.65. The van der Waals surface area contributed by atoms with Crippen LogP contribution in [0.5, 0.6) is 0 Å². The number of ether oxygens (including phenoxy) is 1. The quantitative estimate of drug-likeness (QED) is 0.749. The van der Waals surface area contributed by atoms with Crippen molar-refractivity contribution >= 4 is 28.8 Å². The Morgan fingerprint density at radius 3 is 2.93 bits per heavy atom. The first kappa shape index (κ1) is 18.9. The standard InChI is InChI=1S/C21H25ClN2O2S/c1-15(25)24-9-3-4-16(13-24)20-23-19(14-27-20)21(7-10-26-11-8-21)17-5-2-6-18(22)12-17/h2,5-6,12,14,16H,3-4,7-11,13H2,1H3. The summed E-state index contributed by atoms with van der Waals surface area (Å²) in [5, 5.41) is 4.14. The number of aromatic nitrogens is 1. The smallest absolute Gasteiger partial charge is 0.219 e. The molecule has 2 fully saturated rings. The summed E-state index contributed by atoms with van der Waals surface area (Å²) in [4.78, 5) is 18.8. The summed E-state index contributed by atoms with van der Waals surface area (Å²) in [5.74, 6) is 0.508. The predicted molar refractivity (Wildman–Crippen MR) is 109 cm³/mol. The van der Waals surface area contributed by atoms with Crippen molar-refractivity contribution in [2.45, 2.75) is 43.9 Å². The maximum Gasteiger partial charge on any atom is 0.219 e. The molecule has 144 valence electrons. The molecule has 1 unspecified atom stereocenters. The minimum Gasteiger partial charge on any atom is -0.381 e. The fourth-order valence-electron chi connectivity index (χ4n) is 4.36. The number of carbonyl (C=O) groups is 1. The van der Waals surface area contributed by atoms with Crippen molar-refractivity contribution in [3.05, 3.63) is 50.9 Å². The van der Waals surface area contributed by atoms with Crippen LogP contribution in [0.1, 0.15) is 54.8 Å². The number of carbonyl (C=O) groups excluding carboxylic acids is 1. The molecule has 2 aliphatic heterocycles. The summed E-state index contributed by atoms with van der Waals surface area (Å²) in [6, 6.07) is 8.18. The Hall–Kier alpha value is -1.43. The number of hydrogen-bond acceptors (Lipinski definition) is 4. The molecular formula is C21H25ClN2O2S. The first-order valence-electron chi connectivity index (χ1n) is 9.64. The van der Waals surface area contributed by atoms with E-state index >= 15 is 0 Å². The van der Waals surface area contributed by atoms with E-state index in [-0.39, 0.29) is 11.3 Å². The lowest BCUT2D eigenvalue weighted by molar-refractivity contribution is -0.130. The zero-order valence-corrected chi connectivity index (χ0v) is 17.2. The second-order valence-electron chi connectivity index (χ2n) is 7.58. The van der Waals surface area contributed by atoms with Crippen LogP contribution in [-0.4, -0.2) is 42.1 Å². The van der Waals surface area contributed by atoms with E-state index in [0.29, 0.717) is 5.92 Å². The summed E-state index contributed by atoms with van der Waals surface area (Å²) in [6.07, 6.45) is 3.98. The van der Waals surface area contributed by atoms with E-state index in [1.165, 1.54) is 5.56 Å². The number of likely N-dealkylation sites (tertiary alicyclic amines) is 1. The van der Waals surface area contributed by atoms with Crippen LogP contribution in [0.3, 0.4) is 0 Å². The Bertz CT molecular complexity index is 816. The highest BCUT2D eigenvalue weighted by atomic mass is 35.5. The molecule has 2 saturated heterocycles. The summed E-state index contributed by atoms with van der Waals surface area (Å²) in [7, 11) is 0. The number of rotatable bonds is 3. The van der Waals surface area contributed by atoms with E-state index in [2.05, 4.69) is 17.5 Å². The molecule has 0 N–H and O–H groups in total. The highest BCUT2D eigenvalue weighted by molar-refractivity contribution is 7.09. The minimum absolute atomic E-state index is 0.132. The summed E-state index contributed by atoms with van der Waals surface area (Å²) in [6.45, 7) is 4.79. The van der Waals surface area contributed by atoms with Crippen LogP contribution >= 0.6 is 22.9 Å². The van der Waals surface area contributed by atoms with Gasteiger partial charge in [0, 0.05) is 55.0 Å². The van der Waals surface area contributed by atoms with Gasteiger partial charge in [-0.2, -0.15) is 0 Å². The van der Waals surface area contributed by atoms with Crippen LogP contribution in [0.4, 0.5) is 0 Å². The predicted octanol–water partition coefficient (Wildman–Crippen LogP) is 4.62. The molecule has 0 aliphatic carbocycles. The first-order valence-corrected chi connectivity index (χ1v) is 10.9. The monoisotopic (exact) mass is 404 g/mol. The lowest BCUT2D eigenvalue weighted by Gasteiger charge is -2.36. The van der Waals surface area contributed by atoms with E-state index in [0.717, 1.165) is 67.7 Å². The minimum atomic E-state index is -0.132. The molecule has 3 heterocycles. The normalized spacial score (nSPS) is 22.6. The van der Waals surface area contributed by atoms with Crippen molar-refractivity contribution in [2.75, 3.05) is 26.3 Å². The Labute approximate surface area is 169 Å². The molecule has 27 heavy (non-hydrogen) atoms. The van der Waals surface area contributed by atoms with Gasteiger partial charge in [-0.25, -0.2) is 4.98 Å². The van der Waals surface area contributed by atoms with Gasteiger partial charge in [0.05, 0.1) is 10.7 Å². The van der Waals surface area contributed by atoms with Crippen LogP contribution in [0.2, 0.25) is 5.02 Å². The molecule has 1 aromatic carbocycles. The van der Waals surface area contributed by atoms with Crippen LogP contribution < -0.4 is 0 Å². The highest BCUT2D eigenvalue weighted by Gasteiger charge is 2.39. The molecule has 4 rings (SSSR count). The summed E-state index contributed by atoms with van der Waals surface area (Å²) in [5.41, 5.74) is 2.23. The Morgan fingerprint density at radius 1 is 1.37 bits per heavy atom. The maximum absolute atomic E-state index is 11.8. The number of nitrogens with zero attached hydrogens (tertiary/aromatic N) is 2. The fourth-order valence-corrected chi connectivity index (χ4v) is 5.60. The van der Waals surface area contributed by atoms with Crippen LogP contribution in [0, 0.1) is 0 Å². The number of halogens is 1. The van der Waals surface area contributed by atoms with E-state index < -0.39 is 0 Å². The molecule has 2 aromatic rings. The van der Waals surface area contributed by atoms with Gasteiger partial charge >= 0.3 is 0 Å². The van der Waals surface area contributed by atoms with Gasteiger partial charge in [-0.1, -0.05) is 23.7 Å². The molecular weight excluding hydrogens is 380 g/mol. The molecule has 2 aliphatic rings. The number of hydrogen-bond donors (Lipinski definition) is 0. The van der Waals surface area contributed by atoms with Crippen molar-refractivity contribution in [1.29, 1.82) is 0 Å². The molecule has 0 spiro atoms. The first-order chi connectivity index (χ1) is 13.1. The van der Waals surface area contributed by atoms with Gasteiger partial charge in [-0.15, -0.1) is 11.3 Å². The van der Waals surface area contributed by atoms with Gasteiger partial charge in [0.25, 0.3) is 0 Å². The average molecular weight is 405 g/mol. The Kier molecular flexibility index (Phi) is 5.53. The second-order valence-corrected chi connectivity index (χ2v) is 8.91. The third-order valence-corrected chi connectivity index (χ3v) is 7.19. The number of piperidine rings is 1. The van der Waals surface area contributed by atoms with E-state index in [9.17, 15) is 4.79 Å². The maximum atomic E-state index is 11.8. The Morgan fingerprint density at radius 2 is 2.19 bits per heavy atom. The van der Waals surface area contributed by atoms with Crippen molar-refractivity contribution in [3.8, 4) is 0 Å². The van der Waals surface area contributed by atoms with Gasteiger partial charge in [0.1, 0.15) is 0 Å². The molecule has 4 nitrogen and oxygen atoms in total. The van der Waals surface area contributed by atoms with Crippen LogP contribution in [-0.2, 0) is 14.9 Å². The van der Waals surface area contributed by atoms with Crippen molar-refractivity contribution < 1.29 is 9.53 Å². The summed E-state index contributed by atoms with van der Waals surface area (Å²) < 4.78 is 5.66. The van der Waals surface area contributed by atoms with E-state index in [1.807, 2.05) is 17.0 Å². The topological polar surface area (TPSA) is 42.4 Å². The van der Waals surface area contributed by atoms with Crippen molar-refractivity contribution in [1.82, 2.24) is 9.88 Å². The van der Waals surface area contributed by atoms with Crippen molar-refractivity contribution in [2.24, 2.45) is 0 Å². The fraction of sp³-hybridized carbons (Fsp3) is 0.524. The third kappa shape index (κ3) is 3.78. The number of benzene rings is 1. The van der Waals surface area contributed by atoms with Gasteiger partial charge in [0.15, 0.2) is 0 Å². The molecule has 1 amide bonds. The molecule has 0 saturated carbocycles. The lowest BCUT2D eigenvalue weighted by Crippen LogP contribution is -2.38. The SMILES string of the molecule is CC(=O)N1CCCC(c2nc(C3(c4cccc(Cl)c4)CCOCC3)cs2)C1. The van der Waals surface area contributed by atoms with Gasteiger partial charge in [0.2, 0.25) is 5.91 Å². The molecule has 0 bridgehead atoms. The number of thiazole rings is 1. The van der Waals surface area contributed by atoms with E-state index in [4.69, 9.17) is 21.3 Å². The van der Waals surface area contributed by atoms with Gasteiger partial charge < -0.3 is 9.64 Å². The molecule has 6 heteroatoms. The zero-order valence-electron chi connectivity index (χ0n) is 15.6. The van der Waals surface area contributed by atoms with Crippen molar-refractivity contribution in [3.63, 3.8) is 0 Å². The van der Waals surface area contributed by atoms with E-state index in [1.54, 1.807) is 18.3 Å². The largest absolute Gasteiger partial charge is 0.381 e. The number of amides is 1. The van der Waals surface area contributed by atoms with Gasteiger partial charge in [-0.05, 0) is 43.4 Å². The highest BCUT2D eigenvalue weighted by Crippen LogP contribution is 2.43.